The molecule has 8 heteroatoms. The molecule has 0 heterocycles. The fourth-order valence-corrected chi connectivity index (χ4v) is 2.51. The van der Waals surface area contributed by atoms with Crippen LogP contribution in [0, 0.1) is 13.8 Å². The number of hydrogen-bond donors (Lipinski definition) is 4. The Morgan fingerprint density at radius 3 is 2.44 bits per heavy atom. The van der Waals surface area contributed by atoms with Gasteiger partial charge in [-0.25, -0.2) is 0 Å². The van der Waals surface area contributed by atoms with Gasteiger partial charge in [0.05, 0.1) is 0 Å². The Morgan fingerprint density at radius 2 is 1.74 bits per heavy atom. The summed E-state index contributed by atoms with van der Waals surface area (Å²) in [7, 11) is 0. The fraction of sp³-hybridized carbons (Fsp3) is 0.211. The molecule has 2 amide bonds. The molecule has 0 saturated heterocycles. The zero-order valence-electron chi connectivity index (χ0n) is 15.1. The van der Waals surface area contributed by atoms with Crippen molar-refractivity contribution in [1.29, 1.82) is 0 Å². The molecule has 27 heavy (non-hydrogen) atoms. The van der Waals surface area contributed by atoms with Crippen molar-refractivity contribution in [2.45, 2.75) is 20.3 Å². The first kappa shape index (κ1) is 20.7. The Balaban J connectivity index is 1.69. The lowest BCUT2D eigenvalue weighted by Gasteiger charge is -2.14. The number of thiocarbonyl (C=S) groups is 1. The maximum atomic E-state index is 11.9. The van der Waals surface area contributed by atoms with Crippen molar-refractivity contribution >= 4 is 46.4 Å². The van der Waals surface area contributed by atoms with E-state index in [9.17, 15) is 9.59 Å². The van der Waals surface area contributed by atoms with E-state index in [2.05, 4.69) is 21.5 Å². The van der Waals surface area contributed by atoms with Gasteiger partial charge in [0.1, 0.15) is 0 Å². The van der Waals surface area contributed by atoms with Gasteiger partial charge in [-0.3, -0.25) is 20.4 Å². The summed E-state index contributed by atoms with van der Waals surface area (Å²) >= 11 is 11.0. The molecule has 142 valence electrons. The maximum absolute atomic E-state index is 11.9. The number of amides is 2. The molecule has 0 bridgehead atoms. The number of rotatable bonds is 5. The van der Waals surface area contributed by atoms with Crippen LogP contribution in [0.5, 0.6) is 0 Å². The fourth-order valence-electron chi connectivity index (χ4n) is 2.22. The van der Waals surface area contributed by atoms with Gasteiger partial charge in [0.15, 0.2) is 5.11 Å². The van der Waals surface area contributed by atoms with Crippen LogP contribution in [-0.4, -0.2) is 23.5 Å². The van der Waals surface area contributed by atoms with Crippen LogP contribution in [0.3, 0.4) is 0 Å². The van der Waals surface area contributed by atoms with Crippen LogP contribution in [0.15, 0.2) is 42.5 Å². The molecule has 2 aromatic rings. The van der Waals surface area contributed by atoms with Crippen LogP contribution < -0.4 is 21.5 Å². The number of anilines is 1. The molecule has 4 N–H and O–H groups in total. The number of hydrogen-bond acceptors (Lipinski definition) is 3. The molecule has 0 unspecified atom stereocenters. The molecule has 2 aromatic carbocycles. The summed E-state index contributed by atoms with van der Waals surface area (Å²) in [5.41, 5.74) is 8.72. The van der Waals surface area contributed by atoms with Crippen LogP contribution in [0.2, 0.25) is 5.02 Å². The number of halogens is 1. The van der Waals surface area contributed by atoms with E-state index >= 15 is 0 Å². The van der Waals surface area contributed by atoms with Crippen LogP contribution >= 0.6 is 23.8 Å². The van der Waals surface area contributed by atoms with E-state index in [4.69, 9.17) is 23.8 Å². The minimum absolute atomic E-state index is 0.110. The van der Waals surface area contributed by atoms with Crippen molar-refractivity contribution in [3.63, 3.8) is 0 Å². The number of carbonyl (C=O) groups is 2. The molecule has 0 spiro atoms. The molecular weight excluding hydrogens is 384 g/mol. The predicted octanol–water partition coefficient (Wildman–Crippen LogP) is 3.09. The molecule has 0 saturated carbocycles. The standard InChI is InChI=1S/C19H21ClN4O2S/c1-12-4-3-5-16(13(12)2)22-19(27)24-23-17(25)10-11-21-18(26)14-6-8-15(20)9-7-14/h3-9H,10-11H2,1-2H3,(H,21,26)(H,23,25)(H2,22,24,27). The highest BCUT2D eigenvalue weighted by atomic mass is 35.5. The largest absolute Gasteiger partial charge is 0.352 e. The van der Waals surface area contributed by atoms with Gasteiger partial charge in [-0.15, -0.1) is 0 Å². The normalized spacial score (nSPS) is 10.0. The molecule has 0 atom stereocenters. The van der Waals surface area contributed by atoms with Crippen molar-refractivity contribution in [3.05, 3.63) is 64.2 Å². The average molecular weight is 405 g/mol. The first-order valence-corrected chi connectivity index (χ1v) is 9.11. The lowest BCUT2D eigenvalue weighted by Crippen LogP contribution is -2.44. The Labute approximate surface area is 168 Å². The zero-order valence-corrected chi connectivity index (χ0v) is 16.6. The molecular formula is C19H21ClN4O2S. The molecule has 0 aliphatic rings. The van der Waals surface area contributed by atoms with Crippen molar-refractivity contribution < 1.29 is 9.59 Å². The Morgan fingerprint density at radius 1 is 1.04 bits per heavy atom. The highest BCUT2D eigenvalue weighted by molar-refractivity contribution is 7.80. The van der Waals surface area contributed by atoms with E-state index < -0.39 is 0 Å². The van der Waals surface area contributed by atoms with Crippen LogP contribution in [-0.2, 0) is 4.79 Å². The molecule has 2 rings (SSSR count). The summed E-state index contributed by atoms with van der Waals surface area (Å²) in [4.78, 5) is 23.8. The lowest BCUT2D eigenvalue weighted by molar-refractivity contribution is -0.121. The maximum Gasteiger partial charge on any atom is 0.251 e. The summed E-state index contributed by atoms with van der Waals surface area (Å²) in [6.07, 6.45) is 0.110. The summed E-state index contributed by atoms with van der Waals surface area (Å²) in [5, 5.41) is 6.54. The molecule has 0 aromatic heterocycles. The molecule has 0 radical (unpaired) electrons. The predicted molar refractivity (Wildman–Crippen MR) is 112 cm³/mol. The average Bonchev–Trinajstić information content (AvgIpc) is 2.64. The number of hydrazine groups is 1. The van der Waals surface area contributed by atoms with Gasteiger partial charge in [0.2, 0.25) is 5.91 Å². The zero-order chi connectivity index (χ0) is 19.8. The summed E-state index contributed by atoms with van der Waals surface area (Å²) in [5.74, 6) is -0.559. The van der Waals surface area contributed by atoms with Crippen molar-refractivity contribution in [2.24, 2.45) is 0 Å². The number of benzene rings is 2. The van der Waals surface area contributed by atoms with Gasteiger partial charge < -0.3 is 10.6 Å². The Bertz CT molecular complexity index is 840. The second kappa shape index (κ2) is 9.89. The van der Waals surface area contributed by atoms with Gasteiger partial charge in [0, 0.05) is 29.2 Å². The summed E-state index contributed by atoms with van der Waals surface area (Å²) in [6.45, 7) is 4.20. The minimum atomic E-state index is -0.295. The SMILES string of the molecule is Cc1cccc(NC(=S)NNC(=O)CCNC(=O)c2ccc(Cl)cc2)c1C. The van der Waals surface area contributed by atoms with E-state index in [1.54, 1.807) is 24.3 Å². The third kappa shape index (κ3) is 6.54. The third-order valence-corrected chi connectivity index (χ3v) is 4.37. The third-order valence-electron chi connectivity index (χ3n) is 3.91. The van der Waals surface area contributed by atoms with E-state index in [1.165, 1.54) is 0 Å². The summed E-state index contributed by atoms with van der Waals surface area (Å²) < 4.78 is 0. The van der Waals surface area contributed by atoms with Crippen molar-refractivity contribution in [1.82, 2.24) is 16.2 Å². The number of carbonyl (C=O) groups excluding carboxylic acids is 2. The van der Waals surface area contributed by atoms with Gasteiger partial charge in [0.25, 0.3) is 5.91 Å². The van der Waals surface area contributed by atoms with Gasteiger partial charge >= 0.3 is 0 Å². The Kier molecular flexibility index (Phi) is 7.57. The van der Waals surface area contributed by atoms with Gasteiger partial charge in [-0.1, -0.05) is 23.7 Å². The van der Waals surface area contributed by atoms with Crippen LogP contribution in [0.1, 0.15) is 27.9 Å². The molecule has 0 aliphatic heterocycles. The second-order valence-electron chi connectivity index (χ2n) is 5.89. The van der Waals surface area contributed by atoms with Crippen molar-refractivity contribution in [2.75, 3.05) is 11.9 Å². The van der Waals surface area contributed by atoms with Gasteiger partial charge in [-0.2, -0.15) is 0 Å². The summed E-state index contributed by atoms with van der Waals surface area (Å²) in [6, 6.07) is 12.4. The van der Waals surface area contributed by atoms with E-state index in [0.717, 1.165) is 16.8 Å². The van der Waals surface area contributed by atoms with E-state index in [-0.39, 0.29) is 29.9 Å². The Hall–Kier alpha value is -2.64. The molecule has 0 fully saturated rings. The highest BCUT2D eigenvalue weighted by Gasteiger charge is 2.07. The van der Waals surface area contributed by atoms with Crippen molar-refractivity contribution in [3.8, 4) is 0 Å². The number of aryl methyl sites for hydroxylation is 1. The molecule has 6 nitrogen and oxygen atoms in total. The van der Waals surface area contributed by atoms with Gasteiger partial charge in [-0.05, 0) is 67.5 Å². The van der Waals surface area contributed by atoms with E-state index in [1.807, 2.05) is 32.0 Å². The van der Waals surface area contributed by atoms with Crippen LogP contribution in [0.4, 0.5) is 5.69 Å². The van der Waals surface area contributed by atoms with Crippen LogP contribution in [0.25, 0.3) is 0 Å². The highest BCUT2D eigenvalue weighted by Crippen LogP contribution is 2.17. The lowest BCUT2D eigenvalue weighted by atomic mass is 10.1. The first-order chi connectivity index (χ1) is 12.9. The minimum Gasteiger partial charge on any atom is -0.352 e. The monoisotopic (exact) mass is 404 g/mol. The second-order valence-corrected chi connectivity index (χ2v) is 6.73. The molecule has 0 aliphatic carbocycles. The number of nitrogens with one attached hydrogen (secondary N) is 4. The topological polar surface area (TPSA) is 82.3 Å². The quantitative estimate of drug-likeness (QED) is 0.454. The smallest absolute Gasteiger partial charge is 0.251 e. The van der Waals surface area contributed by atoms with E-state index in [0.29, 0.717) is 10.6 Å². The first-order valence-electron chi connectivity index (χ1n) is 8.32.